The first-order valence-electron chi connectivity index (χ1n) is 11.8. The van der Waals surface area contributed by atoms with Crippen LogP contribution < -0.4 is 10.1 Å². The summed E-state index contributed by atoms with van der Waals surface area (Å²) >= 11 is 0. The van der Waals surface area contributed by atoms with Gasteiger partial charge in [0.05, 0.1) is 35.6 Å². The Morgan fingerprint density at radius 2 is 1.83 bits per heavy atom. The Balaban J connectivity index is 1.54. The molecular formula is C26H36N6O3. The van der Waals surface area contributed by atoms with Crippen LogP contribution in [0.25, 0.3) is 5.70 Å². The number of hydrogen-bond acceptors (Lipinski definition) is 7. The fraction of sp³-hybridized carbons (Fsp3) is 0.462. The standard InChI is InChI=1S/C26H36N6O3/c1-17(8-10-27-22(6)33)19(3)29-30(7)26(34)21(5)32-13-11-31(12-14-32)20(4)25-18(2)23-9-15-35-24(23)16-28-25/h16H,1,4-5,8-15H2,2-3,6-7H3,(H,27,33)/b29-19+. The van der Waals surface area contributed by atoms with Gasteiger partial charge in [0.25, 0.3) is 5.91 Å². The molecule has 0 aromatic carbocycles. The number of amides is 2. The second-order valence-corrected chi connectivity index (χ2v) is 8.89. The minimum Gasteiger partial charge on any atom is -0.491 e. The summed E-state index contributed by atoms with van der Waals surface area (Å²) in [4.78, 5) is 32.7. The maximum Gasteiger partial charge on any atom is 0.289 e. The lowest BCUT2D eigenvalue weighted by Gasteiger charge is -2.38. The number of hydrazone groups is 1. The fourth-order valence-electron chi connectivity index (χ4n) is 4.24. The van der Waals surface area contributed by atoms with Crippen LogP contribution in [0.4, 0.5) is 0 Å². The van der Waals surface area contributed by atoms with Gasteiger partial charge in [-0.05, 0) is 31.4 Å². The van der Waals surface area contributed by atoms with Crippen molar-refractivity contribution in [3.8, 4) is 5.75 Å². The van der Waals surface area contributed by atoms with Crippen molar-refractivity contribution in [2.45, 2.75) is 33.6 Å². The molecule has 1 aromatic heterocycles. The molecule has 9 heteroatoms. The molecule has 0 atom stereocenters. The van der Waals surface area contributed by atoms with Crippen molar-refractivity contribution in [3.05, 3.63) is 54.0 Å². The number of aromatic nitrogens is 1. The van der Waals surface area contributed by atoms with E-state index in [0.29, 0.717) is 57.2 Å². The van der Waals surface area contributed by atoms with E-state index < -0.39 is 0 Å². The topological polar surface area (TPSA) is 90.4 Å². The molecule has 3 rings (SSSR count). The zero-order chi connectivity index (χ0) is 25.7. The van der Waals surface area contributed by atoms with Gasteiger partial charge in [-0.2, -0.15) is 5.10 Å². The van der Waals surface area contributed by atoms with E-state index in [1.54, 1.807) is 20.2 Å². The molecule has 2 aliphatic heterocycles. The van der Waals surface area contributed by atoms with E-state index in [0.717, 1.165) is 34.7 Å². The molecule has 1 fully saturated rings. The monoisotopic (exact) mass is 480 g/mol. The van der Waals surface area contributed by atoms with Crippen LogP contribution in [0, 0.1) is 6.92 Å². The van der Waals surface area contributed by atoms with Crippen LogP contribution in [0.3, 0.4) is 0 Å². The van der Waals surface area contributed by atoms with Gasteiger partial charge in [-0.15, -0.1) is 0 Å². The molecule has 0 aliphatic carbocycles. The normalized spacial score (nSPS) is 15.3. The Morgan fingerprint density at radius 1 is 1.17 bits per heavy atom. The lowest BCUT2D eigenvalue weighted by Crippen LogP contribution is -2.47. The highest BCUT2D eigenvalue weighted by Crippen LogP contribution is 2.32. The van der Waals surface area contributed by atoms with E-state index in [2.05, 4.69) is 47.0 Å². The average Bonchev–Trinajstić information content (AvgIpc) is 3.32. The molecule has 188 valence electrons. The number of hydrogen-bond donors (Lipinski definition) is 1. The highest BCUT2D eigenvalue weighted by molar-refractivity contribution is 5.99. The van der Waals surface area contributed by atoms with Crippen LogP contribution in [0.5, 0.6) is 5.75 Å². The summed E-state index contributed by atoms with van der Waals surface area (Å²) in [5.41, 5.74) is 5.94. The predicted octanol–water partition coefficient (Wildman–Crippen LogP) is 2.34. The molecule has 2 aliphatic rings. The van der Waals surface area contributed by atoms with Crippen LogP contribution in [-0.4, -0.2) is 83.7 Å². The van der Waals surface area contributed by atoms with Crippen LogP contribution in [0.1, 0.15) is 37.1 Å². The Morgan fingerprint density at radius 3 is 2.49 bits per heavy atom. The van der Waals surface area contributed by atoms with Crippen LogP contribution in [0.15, 0.2) is 42.3 Å². The summed E-state index contributed by atoms with van der Waals surface area (Å²) < 4.78 is 5.62. The van der Waals surface area contributed by atoms with E-state index in [-0.39, 0.29) is 11.8 Å². The first-order chi connectivity index (χ1) is 16.6. The molecule has 0 unspecified atom stereocenters. The molecule has 0 radical (unpaired) electrons. The molecule has 0 spiro atoms. The molecule has 1 N–H and O–H groups in total. The predicted molar refractivity (Wildman–Crippen MR) is 138 cm³/mol. The Hall–Kier alpha value is -3.62. The summed E-state index contributed by atoms with van der Waals surface area (Å²) in [5.74, 6) is 0.521. The Kier molecular flexibility index (Phi) is 8.32. The summed E-state index contributed by atoms with van der Waals surface area (Å²) in [5, 5.41) is 8.40. The zero-order valence-electron chi connectivity index (χ0n) is 21.3. The van der Waals surface area contributed by atoms with Crippen molar-refractivity contribution in [1.29, 1.82) is 0 Å². The second kappa shape index (κ2) is 11.2. The Labute approximate surface area is 207 Å². The third-order valence-electron chi connectivity index (χ3n) is 6.50. The third-order valence-corrected chi connectivity index (χ3v) is 6.50. The lowest BCUT2D eigenvalue weighted by molar-refractivity contribution is -0.127. The van der Waals surface area contributed by atoms with Gasteiger partial charge in [0.15, 0.2) is 0 Å². The molecule has 3 heterocycles. The quantitative estimate of drug-likeness (QED) is 0.332. The van der Waals surface area contributed by atoms with Gasteiger partial charge < -0.3 is 19.9 Å². The summed E-state index contributed by atoms with van der Waals surface area (Å²) in [7, 11) is 1.61. The van der Waals surface area contributed by atoms with Gasteiger partial charge >= 0.3 is 0 Å². The zero-order valence-corrected chi connectivity index (χ0v) is 21.3. The molecule has 0 bridgehead atoms. The van der Waals surface area contributed by atoms with Crippen molar-refractivity contribution in [2.24, 2.45) is 5.10 Å². The minimum absolute atomic E-state index is 0.0899. The number of ether oxygens (including phenoxy) is 1. The van der Waals surface area contributed by atoms with Crippen LogP contribution in [-0.2, 0) is 16.0 Å². The van der Waals surface area contributed by atoms with E-state index in [1.165, 1.54) is 17.5 Å². The van der Waals surface area contributed by atoms with Gasteiger partial charge in [-0.1, -0.05) is 19.7 Å². The SMILES string of the molecule is C=C(CCNC(C)=O)/C(C)=N/N(C)C(=O)C(=C)N1CCN(C(=C)c2ncc3c(c2C)CCO3)CC1. The summed E-state index contributed by atoms with van der Waals surface area (Å²) in [6.45, 7) is 21.6. The first kappa shape index (κ1) is 26.0. The molecule has 35 heavy (non-hydrogen) atoms. The first-order valence-corrected chi connectivity index (χ1v) is 11.8. The number of pyridine rings is 1. The van der Waals surface area contributed by atoms with Crippen molar-refractivity contribution in [2.75, 3.05) is 46.4 Å². The third kappa shape index (κ3) is 6.09. The number of carbonyl (C=O) groups is 2. The van der Waals surface area contributed by atoms with Gasteiger partial charge in [0, 0.05) is 58.7 Å². The average molecular weight is 481 g/mol. The van der Waals surface area contributed by atoms with E-state index >= 15 is 0 Å². The van der Waals surface area contributed by atoms with Crippen molar-refractivity contribution >= 4 is 23.2 Å². The highest BCUT2D eigenvalue weighted by atomic mass is 16.5. The maximum atomic E-state index is 12.9. The highest BCUT2D eigenvalue weighted by Gasteiger charge is 2.26. The molecule has 9 nitrogen and oxygen atoms in total. The summed E-state index contributed by atoms with van der Waals surface area (Å²) in [6, 6.07) is 0. The Bertz CT molecular complexity index is 1070. The van der Waals surface area contributed by atoms with Crippen LogP contribution in [0.2, 0.25) is 0 Å². The number of piperazine rings is 1. The number of nitrogens with zero attached hydrogens (tertiary/aromatic N) is 5. The molecule has 0 saturated carbocycles. The van der Waals surface area contributed by atoms with E-state index in [1.807, 2.05) is 4.90 Å². The number of fused-ring (bicyclic) bond motifs is 1. The van der Waals surface area contributed by atoms with Gasteiger partial charge in [0.2, 0.25) is 5.91 Å². The molecule has 2 amide bonds. The molecular weight excluding hydrogens is 444 g/mol. The lowest BCUT2D eigenvalue weighted by atomic mass is 10.0. The number of likely N-dealkylation sites (N-methyl/N-ethyl adjacent to an activating group) is 1. The van der Waals surface area contributed by atoms with Crippen molar-refractivity contribution in [3.63, 3.8) is 0 Å². The minimum atomic E-state index is -0.262. The van der Waals surface area contributed by atoms with Gasteiger partial charge in [-0.3, -0.25) is 14.6 Å². The molecule has 1 aromatic rings. The number of nitrogens with one attached hydrogen (secondary N) is 1. The van der Waals surface area contributed by atoms with E-state index in [9.17, 15) is 9.59 Å². The number of carbonyl (C=O) groups excluding carboxylic acids is 2. The van der Waals surface area contributed by atoms with Gasteiger partial charge in [-0.25, -0.2) is 5.01 Å². The van der Waals surface area contributed by atoms with Gasteiger partial charge in [0.1, 0.15) is 5.75 Å². The van der Waals surface area contributed by atoms with Crippen molar-refractivity contribution < 1.29 is 14.3 Å². The molecule has 1 saturated heterocycles. The summed E-state index contributed by atoms with van der Waals surface area (Å²) in [6.07, 6.45) is 3.26. The van der Waals surface area contributed by atoms with E-state index in [4.69, 9.17) is 4.74 Å². The van der Waals surface area contributed by atoms with Crippen LogP contribution >= 0.6 is 0 Å². The fourth-order valence-corrected chi connectivity index (χ4v) is 4.24. The van der Waals surface area contributed by atoms with Crippen molar-refractivity contribution in [1.82, 2.24) is 25.1 Å². The maximum absolute atomic E-state index is 12.9. The number of rotatable bonds is 9. The second-order valence-electron chi connectivity index (χ2n) is 8.89. The smallest absolute Gasteiger partial charge is 0.289 e. The largest absolute Gasteiger partial charge is 0.491 e.